The maximum absolute atomic E-state index is 12.9. The number of hydrogen-bond donors (Lipinski definition) is 0. The summed E-state index contributed by atoms with van der Waals surface area (Å²) in [5, 5.41) is 3.94. The van der Waals surface area contributed by atoms with Crippen LogP contribution in [-0.4, -0.2) is 39.2 Å². The van der Waals surface area contributed by atoms with Crippen LogP contribution in [0, 0.1) is 0 Å². The molecule has 0 aliphatic carbocycles. The molecule has 0 amide bonds. The van der Waals surface area contributed by atoms with Gasteiger partial charge >= 0.3 is 23.4 Å². The van der Waals surface area contributed by atoms with Crippen molar-refractivity contribution in [3.8, 4) is 11.6 Å². The van der Waals surface area contributed by atoms with E-state index in [1.807, 2.05) is 0 Å². The molecule has 9 nitrogen and oxygen atoms in total. The van der Waals surface area contributed by atoms with E-state index in [2.05, 4.69) is 12.0 Å². The van der Waals surface area contributed by atoms with Gasteiger partial charge < -0.3 is 14.2 Å². The van der Waals surface area contributed by atoms with Crippen molar-refractivity contribution in [1.82, 2.24) is 14.3 Å². The van der Waals surface area contributed by atoms with E-state index in [0.717, 1.165) is 34.9 Å². The van der Waals surface area contributed by atoms with Gasteiger partial charge in [0.2, 0.25) is 0 Å². The fraction of sp³-hybridized carbons (Fsp3) is 0.630. The summed E-state index contributed by atoms with van der Waals surface area (Å²) in [5.74, 6) is -0.115. The van der Waals surface area contributed by atoms with Crippen LogP contribution < -0.4 is 20.7 Å². The van der Waals surface area contributed by atoms with Gasteiger partial charge in [-0.25, -0.2) is 9.48 Å². The van der Waals surface area contributed by atoms with E-state index in [1.54, 1.807) is 38.1 Å². The number of aromatic nitrogens is 3. The van der Waals surface area contributed by atoms with E-state index in [9.17, 15) is 27.6 Å². The molecule has 0 N–H and O–H groups in total. The van der Waals surface area contributed by atoms with Gasteiger partial charge in [-0.2, -0.15) is 13.2 Å². The molecule has 1 aromatic carbocycles. The van der Waals surface area contributed by atoms with Gasteiger partial charge in [-0.1, -0.05) is 51.7 Å². The van der Waals surface area contributed by atoms with Crippen molar-refractivity contribution >= 4 is 5.97 Å². The molecule has 0 spiro atoms. The molecule has 0 fully saturated rings. The third kappa shape index (κ3) is 11.5. The second kappa shape index (κ2) is 15.9. The summed E-state index contributed by atoms with van der Waals surface area (Å²) in [6, 6.07) is 6.81. The van der Waals surface area contributed by atoms with E-state index in [0.29, 0.717) is 17.7 Å². The van der Waals surface area contributed by atoms with Crippen molar-refractivity contribution < 1.29 is 32.2 Å². The van der Waals surface area contributed by atoms with E-state index >= 15 is 0 Å². The van der Waals surface area contributed by atoms with Gasteiger partial charge in [0.15, 0.2) is 0 Å². The summed E-state index contributed by atoms with van der Waals surface area (Å²) in [6.07, 6.45) is -1.40. The first-order valence-electron chi connectivity index (χ1n) is 13.4. The second-order valence-electron chi connectivity index (χ2n) is 9.30. The zero-order chi connectivity index (χ0) is 28.8. The Hall–Kier alpha value is -3.31. The van der Waals surface area contributed by atoms with Crippen molar-refractivity contribution in [1.29, 1.82) is 0 Å². The van der Waals surface area contributed by atoms with E-state index < -0.39 is 23.8 Å². The number of unbranched alkanes of at least 4 members (excludes halogenated alkanes) is 4. The van der Waals surface area contributed by atoms with Crippen molar-refractivity contribution in [3.05, 3.63) is 50.7 Å². The number of rotatable bonds is 17. The van der Waals surface area contributed by atoms with Crippen LogP contribution in [0.25, 0.3) is 0 Å². The largest absolute Gasteiger partial charge is 0.487 e. The highest BCUT2D eigenvalue weighted by atomic mass is 19.4. The Morgan fingerprint density at radius 3 is 2.33 bits per heavy atom. The van der Waals surface area contributed by atoms with E-state index in [4.69, 9.17) is 14.2 Å². The lowest BCUT2D eigenvalue weighted by Gasteiger charge is -2.15. The lowest BCUT2D eigenvalue weighted by Crippen LogP contribution is -2.42. The summed E-state index contributed by atoms with van der Waals surface area (Å²) in [5.41, 5.74) is -0.780. The van der Waals surface area contributed by atoms with Gasteiger partial charge in [-0.05, 0) is 37.5 Å². The Kier molecular flexibility index (Phi) is 13.0. The van der Waals surface area contributed by atoms with Crippen LogP contribution in [0.4, 0.5) is 13.2 Å². The number of ether oxygens (including phenoxy) is 3. The van der Waals surface area contributed by atoms with Gasteiger partial charge in [0.05, 0.1) is 0 Å². The van der Waals surface area contributed by atoms with Gasteiger partial charge in [0.25, 0.3) is 5.88 Å². The smallest absolute Gasteiger partial charge is 0.389 e. The van der Waals surface area contributed by atoms with E-state index in [-0.39, 0.29) is 57.1 Å². The number of esters is 1. The standard InChI is InChI=1S/C27H38F3N3O6/c1-4-6-7-8-9-16-32-25(35)24(31-33(26(32)36)17-10-15-27(28,29)30)38-19-21-11-13-22(14-12-21)39-20(3)18-37-23(34)5-2/h11-14,20H,4-10,15-19H2,1-3H3. The first-order chi connectivity index (χ1) is 18.5. The van der Waals surface area contributed by atoms with Crippen molar-refractivity contribution in [3.63, 3.8) is 0 Å². The molecule has 0 aliphatic heterocycles. The number of hydrogen-bond acceptors (Lipinski definition) is 7. The number of benzene rings is 1. The monoisotopic (exact) mass is 557 g/mol. The minimum Gasteiger partial charge on any atom is -0.487 e. The summed E-state index contributed by atoms with van der Waals surface area (Å²) >= 11 is 0. The highest BCUT2D eigenvalue weighted by Crippen LogP contribution is 2.21. The van der Waals surface area contributed by atoms with Crippen LogP contribution >= 0.6 is 0 Å². The summed E-state index contributed by atoms with van der Waals surface area (Å²) in [6.45, 7) is 5.46. The average molecular weight is 558 g/mol. The number of carbonyl (C=O) groups is 1. The topological polar surface area (TPSA) is 102 Å². The molecular weight excluding hydrogens is 519 g/mol. The fourth-order valence-corrected chi connectivity index (χ4v) is 3.67. The number of halogens is 3. The Bertz CT molecular complexity index is 1150. The molecule has 39 heavy (non-hydrogen) atoms. The molecule has 1 aromatic heterocycles. The molecule has 0 saturated heterocycles. The number of aryl methyl sites for hydroxylation is 1. The molecule has 2 rings (SSSR count). The molecule has 0 radical (unpaired) electrons. The second-order valence-corrected chi connectivity index (χ2v) is 9.30. The van der Waals surface area contributed by atoms with E-state index in [1.165, 1.54) is 0 Å². The van der Waals surface area contributed by atoms with Crippen molar-refractivity contribution in [2.24, 2.45) is 0 Å². The van der Waals surface area contributed by atoms with Gasteiger partial charge in [0, 0.05) is 25.9 Å². The SMILES string of the molecule is CCCCCCCn1c(=O)c(OCc2ccc(OC(C)COC(=O)CC)cc2)nn(CCCC(F)(F)F)c1=O. The third-order valence-electron chi connectivity index (χ3n) is 5.81. The summed E-state index contributed by atoms with van der Waals surface area (Å²) in [7, 11) is 0. The minimum atomic E-state index is -4.36. The molecule has 1 heterocycles. The lowest BCUT2D eigenvalue weighted by atomic mass is 10.1. The molecule has 0 aliphatic rings. The molecule has 12 heteroatoms. The molecule has 0 saturated carbocycles. The third-order valence-corrected chi connectivity index (χ3v) is 5.81. The highest BCUT2D eigenvalue weighted by Gasteiger charge is 2.26. The van der Waals surface area contributed by atoms with Crippen LogP contribution in [-0.2, 0) is 29.2 Å². The normalized spacial score (nSPS) is 12.3. The highest BCUT2D eigenvalue weighted by molar-refractivity contribution is 5.68. The maximum atomic E-state index is 12.9. The summed E-state index contributed by atoms with van der Waals surface area (Å²) < 4.78 is 56.1. The quantitative estimate of drug-likeness (QED) is 0.199. The Labute approximate surface area is 225 Å². The Balaban J connectivity index is 2.10. The molecule has 1 unspecified atom stereocenters. The van der Waals surface area contributed by atoms with Crippen LogP contribution in [0.5, 0.6) is 11.6 Å². The number of nitrogens with zero attached hydrogens (tertiary/aromatic N) is 3. The zero-order valence-electron chi connectivity index (χ0n) is 22.8. The average Bonchev–Trinajstić information content (AvgIpc) is 2.89. The molecule has 1 atom stereocenters. The maximum Gasteiger partial charge on any atom is 0.389 e. The molecule has 218 valence electrons. The summed E-state index contributed by atoms with van der Waals surface area (Å²) in [4.78, 5) is 37.0. The fourth-order valence-electron chi connectivity index (χ4n) is 3.67. The zero-order valence-corrected chi connectivity index (χ0v) is 22.8. The van der Waals surface area contributed by atoms with Gasteiger partial charge in [-0.15, -0.1) is 5.10 Å². The van der Waals surface area contributed by atoms with Gasteiger partial charge in [-0.3, -0.25) is 14.2 Å². The molecular formula is C27H38F3N3O6. The number of alkyl halides is 3. The number of carbonyl (C=O) groups excluding carboxylic acids is 1. The first kappa shape index (κ1) is 31.9. The Morgan fingerprint density at radius 2 is 1.69 bits per heavy atom. The van der Waals surface area contributed by atoms with Crippen LogP contribution in [0.2, 0.25) is 0 Å². The van der Waals surface area contributed by atoms with Crippen molar-refractivity contribution in [2.75, 3.05) is 6.61 Å². The van der Waals surface area contributed by atoms with Gasteiger partial charge in [0.1, 0.15) is 25.1 Å². The Morgan fingerprint density at radius 1 is 1.00 bits per heavy atom. The lowest BCUT2D eigenvalue weighted by molar-refractivity contribution is -0.145. The van der Waals surface area contributed by atoms with Crippen molar-refractivity contribution in [2.45, 2.75) is 104 Å². The van der Waals surface area contributed by atoms with Crippen LogP contribution in [0.1, 0.15) is 77.7 Å². The first-order valence-corrected chi connectivity index (χ1v) is 13.4. The molecule has 2 aromatic rings. The minimum absolute atomic E-state index is 0.0521. The van der Waals surface area contributed by atoms with Crippen LogP contribution in [0.3, 0.4) is 0 Å². The van der Waals surface area contributed by atoms with Crippen LogP contribution in [0.15, 0.2) is 33.9 Å². The predicted octanol–water partition coefficient (Wildman–Crippen LogP) is 5.02. The molecule has 0 bridgehead atoms. The predicted molar refractivity (Wildman–Crippen MR) is 139 cm³/mol.